The van der Waals surface area contributed by atoms with Crippen LogP contribution in [0, 0.1) is 24.2 Å². The SMILES string of the molecule is Cc1ccc(CN2C[C@H](C(=O)NCC3CC3)C3(CCOCC3)C2)s1. The first-order chi connectivity index (χ1) is 11.6. The molecular weight excluding hydrogens is 320 g/mol. The van der Waals surface area contributed by atoms with Crippen LogP contribution in [-0.4, -0.2) is 43.7 Å². The van der Waals surface area contributed by atoms with E-state index in [2.05, 4.69) is 29.3 Å². The maximum atomic E-state index is 12.9. The Labute approximate surface area is 148 Å². The lowest BCUT2D eigenvalue weighted by atomic mass is 9.71. The summed E-state index contributed by atoms with van der Waals surface area (Å²) in [5, 5.41) is 3.24. The monoisotopic (exact) mass is 348 g/mol. The molecule has 1 amide bonds. The fourth-order valence-corrected chi connectivity index (χ4v) is 5.25. The standard InChI is InChI=1S/C19H28N2O2S/c1-14-2-5-16(24-14)11-21-12-17(18(22)20-10-15-3-4-15)19(13-21)6-8-23-9-7-19/h2,5,15,17H,3-4,6-13H2,1H3,(H,20,22)/t17-/m1/s1. The van der Waals surface area contributed by atoms with E-state index in [1.165, 1.54) is 22.6 Å². The van der Waals surface area contributed by atoms with Gasteiger partial charge in [0.25, 0.3) is 0 Å². The van der Waals surface area contributed by atoms with Crippen molar-refractivity contribution in [3.8, 4) is 0 Å². The number of nitrogens with one attached hydrogen (secondary N) is 1. The minimum absolute atomic E-state index is 0.123. The molecule has 1 N–H and O–H groups in total. The van der Waals surface area contributed by atoms with Gasteiger partial charge in [-0.2, -0.15) is 0 Å². The molecule has 3 heterocycles. The van der Waals surface area contributed by atoms with Crippen LogP contribution in [0.4, 0.5) is 0 Å². The Morgan fingerprint density at radius 2 is 2.17 bits per heavy atom. The quantitative estimate of drug-likeness (QED) is 0.890. The average Bonchev–Trinajstić information content (AvgIpc) is 3.23. The van der Waals surface area contributed by atoms with Gasteiger partial charge in [0, 0.05) is 54.6 Å². The van der Waals surface area contributed by atoms with Gasteiger partial charge in [0.15, 0.2) is 0 Å². The highest BCUT2D eigenvalue weighted by Gasteiger charge is 2.50. The predicted octanol–water partition coefficient (Wildman–Crippen LogP) is 2.81. The predicted molar refractivity (Wildman–Crippen MR) is 96.0 cm³/mol. The van der Waals surface area contributed by atoms with Crippen molar-refractivity contribution in [1.82, 2.24) is 10.2 Å². The van der Waals surface area contributed by atoms with Crippen LogP contribution < -0.4 is 5.32 Å². The molecule has 1 spiro atoms. The topological polar surface area (TPSA) is 41.6 Å². The van der Waals surface area contributed by atoms with Crippen LogP contribution in [-0.2, 0) is 16.1 Å². The first-order valence-electron chi connectivity index (χ1n) is 9.28. The molecule has 4 rings (SSSR count). The number of ether oxygens (including phenoxy) is 1. The molecule has 0 unspecified atom stereocenters. The Morgan fingerprint density at radius 3 is 2.83 bits per heavy atom. The smallest absolute Gasteiger partial charge is 0.225 e. The van der Waals surface area contributed by atoms with Gasteiger partial charge in [0.1, 0.15) is 0 Å². The molecule has 5 heteroatoms. The zero-order chi connectivity index (χ0) is 16.6. The molecule has 3 aliphatic rings. The largest absolute Gasteiger partial charge is 0.381 e. The van der Waals surface area contributed by atoms with E-state index in [0.29, 0.717) is 0 Å². The van der Waals surface area contributed by atoms with E-state index in [9.17, 15) is 4.79 Å². The molecule has 1 aromatic heterocycles. The van der Waals surface area contributed by atoms with Gasteiger partial charge in [-0.15, -0.1) is 11.3 Å². The second kappa shape index (κ2) is 6.77. The maximum Gasteiger partial charge on any atom is 0.225 e. The summed E-state index contributed by atoms with van der Waals surface area (Å²) in [7, 11) is 0. The van der Waals surface area contributed by atoms with E-state index in [1.807, 2.05) is 11.3 Å². The molecule has 1 aromatic rings. The van der Waals surface area contributed by atoms with Gasteiger partial charge in [0.05, 0.1) is 5.92 Å². The van der Waals surface area contributed by atoms with Crippen molar-refractivity contribution in [2.75, 3.05) is 32.8 Å². The number of carbonyl (C=O) groups excluding carboxylic acids is 1. The van der Waals surface area contributed by atoms with Gasteiger partial charge in [0.2, 0.25) is 5.91 Å². The van der Waals surface area contributed by atoms with Gasteiger partial charge < -0.3 is 10.1 Å². The van der Waals surface area contributed by atoms with Crippen molar-refractivity contribution in [3.63, 3.8) is 0 Å². The zero-order valence-electron chi connectivity index (χ0n) is 14.6. The minimum atomic E-state index is 0.123. The summed E-state index contributed by atoms with van der Waals surface area (Å²) < 4.78 is 5.60. The van der Waals surface area contributed by atoms with Gasteiger partial charge >= 0.3 is 0 Å². The third-order valence-corrected chi connectivity index (χ3v) is 6.95. The number of rotatable bonds is 5. The van der Waals surface area contributed by atoms with Crippen molar-refractivity contribution in [3.05, 3.63) is 21.9 Å². The fourth-order valence-electron chi connectivity index (χ4n) is 4.32. The number of likely N-dealkylation sites (tertiary alicyclic amines) is 1. The number of aryl methyl sites for hydroxylation is 1. The van der Waals surface area contributed by atoms with Crippen molar-refractivity contribution in [2.45, 2.75) is 39.2 Å². The summed E-state index contributed by atoms with van der Waals surface area (Å²) in [4.78, 5) is 18.2. The molecule has 0 radical (unpaired) electrons. The summed E-state index contributed by atoms with van der Waals surface area (Å²) in [5.74, 6) is 1.15. The first kappa shape index (κ1) is 16.6. The number of thiophene rings is 1. The van der Waals surface area contributed by atoms with Crippen LogP contribution in [0.3, 0.4) is 0 Å². The van der Waals surface area contributed by atoms with Crippen molar-refractivity contribution >= 4 is 17.2 Å². The molecule has 0 aromatic carbocycles. The summed E-state index contributed by atoms with van der Waals surface area (Å²) in [5.41, 5.74) is 0.123. The molecule has 3 fully saturated rings. The van der Waals surface area contributed by atoms with Crippen LogP contribution in [0.2, 0.25) is 0 Å². The highest BCUT2D eigenvalue weighted by molar-refractivity contribution is 7.11. The number of amides is 1. The average molecular weight is 349 g/mol. The molecule has 4 nitrogen and oxygen atoms in total. The van der Waals surface area contributed by atoms with E-state index in [4.69, 9.17) is 4.74 Å². The van der Waals surface area contributed by atoms with Crippen LogP contribution in [0.15, 0.2) is 12.1 Å². The Morgan fingerprint density at radius 1 is 1.38 bits per heavy atom. The summed E-state index contributed by atoms with van der Waals surface area (Å²) in [6.07, 6.45) is 4.62. The van der Waals surface area contributed by atoms with Crippen molar-refractivity contribution in [1.29, 1.82) is 0 Å². The number of nitrogens with zero attached hydrogens (tertiary/aromatic N) is 1. The summed E-state index contributed by atoms with van der Waals surface area (Å²) in [6, 6.07) is 4.43. The molecule has 1 saturated carbocycles. The molecule has 2 saturated heterocycles. The van der Waals surface area contributed by atoms with E-state index in [-0.39, 0.29) is 17.2 Å². The summed E-state index contributed by atoms with van der Waals surface area (Å²) in [6.45, 7) is 7.56. The van der Waals surface area contributed by atoms with E-state index in [1.54, 1.807) is 0 Å². The first-order valence-corrected chi connectivity index (χ1v) is 10.1. The third kappa shape index (κ3) is 3.53. The molecule has 1 atom stereocenters. The Hall–Kier alpha value is -0.910. The van der Waals surface area contributed by atoms with Gasteiger partial charge in [-0.05, 0) is 50.7 Å². The third-order valence-electron chi connectivity index (χ3n) is 5.96. The van der Waals surface area contributed by atoms with E-state index in [0.717, 1.165) is 58.2 Å². The molecule has 1 aliphatic carbocycles. The number of carbonyl (C=O) groups is 1. The van der Waals surface area contributed by atoms with E-state index >= 15 is 0 Å². The maximum absolute atomic E-state index is 12.9. The van der Waals surface area contributed by atoms with Crippen molar-refractivity contribution < 1.29 is 9.53 Å². The Bertz CT molecular complexity index is 590. The minimum Gasteiger partial charge on any atom is -0.381 e. The van der Waals surface area contributed by atoms with Gasteiger partial charge in [-0.3, -0.25) is 9.69 Å². The lowest BCUT2D eigenvalue weighted by molar-refractivity contribution is -0.129. The van der Waals surface area contributed by atoms with Crippen LogP contribution in [0.5, 0.6) is 0 Å². The lowest BCUT2D eigenvalue weighted by Gasteiger charge is -2.37. The van der Waals surface area contributed by atoms with Crippen LogP contribution >= 0.6 is 11.3 Å². The molecule has 0 bridgehead atoms. The second-order valence-corrected chi connectivity index (χ2v) is 9.27. The second-order valence-electron chi connectivity index (χ2n) is 7.90. The molecule has 132 valence electrons. The Kier molecular flexibility index (Phi) is 4.67. The number of hydrogen-bond acceptors (Lipinski definition) is 4. The Balaban J connectivity index is 1.45. The number of hydrogen-bond donors (Lipinski definition) is 1. The van der Waals surface area contributed by atoms with Crippen LogP contribution in [0.25, 0.3) is 0 Å². The highest BCUT2D eigenvalue weighted by atomic mass is 32.1. The molecular formula is C19H28N2O2S. The molecule has 24 heavy (non-hydrogen) atoms. The van der Waals surface area contributed by atoms with Crippen molar-refractivity contribution in [2.24, 2.45) is 17.3 Å². The van der Waals surface area contributed by atoms with Crippen LogP contribution in [0.1, 0.15) is 35.4 Å². The normalized spacial score (nSPS) is 26.8. The zero-order valence-corrected chi connectivity index (χ0v) is 15.4. The van der Waals surface area contributed by atoms with Gasteiger partial charge in [-0.1, -0.05) is 0 Å². The van der Waals surface area contributed by atoms with E-state index < -0.39 is 0 Å². The summed E-state index contributed by atoms with van der Waals surface area (Å²) >= 11 is 1.87. The fraction of sp³-hybridized carbons (Fsp3) is 0.737. The lowest BCUT2D eigenvalue weighted by Crippen LogP contribution is -2.44. The van der Waals surface area contributed by atoms with Gasteiger partial charge in [-0.25, -0.2) is 0 Å². The molecule has 2 aliphatic heterocycles. The highest BCUT2D eigenvalue weighted by Crippen LogP contribution is 2.45.